The van der Waals surface area contributed by atoms with Crippen LogP contribution in [-0.4, -0.2) is 36.2 Å². The zero-order valence-electron chi connectivity index (χ0n) is 12.1. The van der Waals surface area contributed by atoms with Crippen LogP contribution in [0.2, 0.25) is 0 Å². The first-order valence-corrected chi connectivity index (χ1v) is 7.16. The number of carbonyl (C=O) groups excluding carboxylic acids is 3. The summed E-state index contributed by atoms with van der Waals surface area (Å²) in [6.45, 7) is 3.25. The van der Waals surface area contributed by atoms with E-state index in [1.165, 1.54) is 0 Å². The van der Waals surface area contributed by atoms with Gasteiger partial charge in [0.1, 0.15) is 6.29 Å². The molecule has 0 atom stereocenters. The minimum atomic E-state index is -0.343. The molecule has 0 fully saturated rings. The van der Waals surface area contributed by atoms with E-state index in [0.717, 1.165) is 23.8 Å². The highest BCUT2D eigenvalue weighted by Gasteiger charge is 2.21. The van der Waals surface area contributed by atoms with Gasteiger partial charge in [0.05, 0.1) is 12.2 Å². The zero-order chi connectivity index (χ0) is 15.2. The molecule has 0 radical (unpaired) electrons. The Kier molecular flexibility index (Phi) is 5.09. The Balaban J connectivity index is 2.11. The highest BCUT2D eigenvalue weighted by atomic mass is 16.5. The van der Waals surface area contributed by atoms with Crippen molar-refractivity contribution in [3.05, 3.63) is 34.9 Å². The zero-order valence-corrected chi connectivity index (χ0v) is 12.1. The molecule has 0 bridgehead atoms. The van der Waals surface area contributed by atoms with Crippen LogP contribution in [0, 0.1) is 0 Å². The first-order valence-electron chi connectivity index (χ1n) is 7.16. The van der Waals surface area contributed by atoms with Gasteiger partial charge in [-0.1, -0.05) is 6.07 Å². The van der Waals surface area contributed by atoms with E-state index in [4.69, 9.17) is 4.74 Å². The number of fused-ring (bicyclic) bond motifs is 1. The van der Waals surface area contributed by atoms with Gasteiger partial charge in [0.2, 0.25) is 5.91 Å². The molecule has 1 amide bonds. The first-order chi connectivity index (χ1) is 10.2. The molecular formula is C16H19NO4. The maximum absolute atomic E-state index is 12.0. The summed E-state index contributed by atoms with van der Waals surface area (Å²) in [5.41, 5.74) is 2.64. The Labute approximate surface area is 123 Å². The van der Waals surface area contributed by atoms with Gasteiger partial charge < -0.3 is 14.4 Å². The summed E-state index contributed by atoms with van der Waals surface area (Å²) < 4.78 is 4.99. The number of carbonyl (C=O) groups is 3. The van der Waals surface area contributed by atoms with Crippen molar-refractivity contribution in [3.8, 4) is 0 Å². The summed E-state index contributed by atoms with van der Waals surface area (Å²) in [6, 6.07) is 5.49. The van der Waals surface area contributed by atoms with E-state index in [1.54, 1.807) is 24.0 Å². The van der Waals surface area contributed by atoms with Crippen molar-refractivity contribution in [2.75, 3.05) is 13.2 Å². The molecular weight excluding hydrogens is 270 g/mol. The Morgan fingerprint density at radius 3 is 2.86 bits per heavy atom. The molecule has 1 heterocycles. The molecule has 0 spiro atoms. The maximum atomic E-state index is 12.0. The summed E-state index contributed by atoms with van der Waals surface area (Å²) in [5.74, 6) is -0.362. The molecule has 0 aliphatic carbocycles. The minimum absolute atomic E-state index is 0.0192. The molecule has 0 N–H and O–H groups in total. The number of benzene rings is 1. The number of esters is 1. The fraction of sp³-hybridized carbons (Fsp3) is 0.438. The molecule has 0 saturated heterocycles. The third-order valence-electron chi connectivity index (χ3n) is 3.56. The van der Waals surface area contributed by atoms with Gasteiger partial charge in [-0.15, -0.1) is 0 Å². The van der Waals surface area contributed by atoms with E-state index >= 15 is 0 Å². The van der Waals surface area contributed by atoms with Crippen LogP contribution in [0.25, 0.3) is 0 Å². The Morgan fingerprint density at radius 2 is 2.14 bits per heavy atom. The smallest absolute Gasteiger partial charge is 0.338 e. The SMILES string of the molecule is CCOC(=O)c1ccc2c(c1)CN(C(=O)CCC=O)CC2. The number of nitrogens with zero attached hydrogens (tertiary/aromatic N) is 1. The quantitative estimate of drug-likeness (QED) is 0.611. The summed E-state index contributed by atoms with van der Waals surface area (Å²) >= 11 is 0. The van der Waals surface area contributed by atoms with Crippen LogP contribution >= 0.6 is 0 Å². The number of amides is 1. The van der Waals surface area contributed by atoms with Gasteiger partial charge in [0.25, 0.3) is 0 Å². The highest BCUT2D eigenvalue weighted by Crippen LogP contribution is 2.21. The predicted octanol–water partition coefficient (Wildman–Crippen LogP) is 1.73. The van der Waals surface area contributed by atoms with Gasteiger partial charge in [0.15, 0.2) is 0 Å². The van der Waals surface area contributed by atoms with E-state index in [9.17, 15) is 14.4 Å². The topological polar surface area (TPSA) is 63.7 Å². The number of hydrogen-bond acceptors (Lipinski definition) is 4. The fourth-order valence-electron chi connectivity index (χ4n) is 2.45. The lowest BCUT2D eigenvalue weighted by Gasteiger charge is -2.29. The lowest BCUT2D eigenvalue weighted by atomic mass is 9.97. The normalized spacial score (nSPS) is 13.5. The van der Waals surface area contributed by atoms with Crippen molar-refractivity contribution in [2.45, 2.75) is 32.7 Å². The maximum Gasteiger partial charge on any atom is 0.338 e. The van der Waals surface area contributed by atoms with E-state index < -0.39 is 0 Å². The second-order valence-electron chi connectivity index (χ2n) is 4.97. The molecule has 112 valence electrons. The molecule has 5 heteroatoms. The van der Waals surface area contributed by atoms with Gasteiger partial charge in [-0.25, -0.2) is 4.79 Å². The molecule has 21 heavy (non-hydrogen) atoms. The number of aldehydes is 1. The van der Waals surface area contributed by atoms with Crippen LogP contribution in [0.5, 0.6) is 0 Å². The number of ether oxygens (including phenoxy) is 1. The van der Waals surface area contributed by atoms with Crippen molar-refractivity contribution in [1.82, 2.24) is 4.90 Å². The van der Waals surface area contributed by atoms with Gasteiger partial charge in [0, 0.05) is 25.9 Å². The second kappa shape index (κ2) is 7.02. The van der Waals surface area contributed by atoms with Crippen LogP contribution in [0.3, 0.4) is 0 Å². The molecule has 0 saturated carbocycles. The van der Waals surface area contributed by atoms with Gasteiger partial charge in [-0.2, -0.15) is 0 Å². The van der Waals surface area contributed by atoms with E-state index in [2.05, 4.69) is 0 Å². The lowest BCUT2D eigenvalue weighted by Crippen LogP contribution is -2.36. The molecule has 5 nitrogen and oxygen atoms in total. The summed E-state index contributed by atoms with van der Waals surface area (Å²) in [5, 5.41) is 0. The van der Waals surface area contributed by atoms with Crippen LogP contribution in [0.4, 0.5) is 0 Å². The third kappa shape index (κ3) is 3.68. The molecule has 0 unspecified atom stereocenters. The summed E-state index contributed by atoms with van der Waals surface area (Å²) in [7, 11) is 0. The molecule has 1 aliphatic heterocycles. The molecule has 1 aromatic carbocycles. The van der Waals surface area contributed by atoms with Crippen LogP contribution in [0.1, 0.15) is 41.3 Å². The van der Waals surface area contributed by atoms with E-state index in [1.807, 2.05) is 6.07 Å². The fourth-order valence-corrected chi connectivity index (χ4v) is 2.45. The van der Waals surface area contributed by atoms with Crippen molar-refractivity contribution >= 4 is 18.2 Å². The van der Waals surface area contributed by atoms with Crippen LogP contribution < -0.4 is 0 Å². The lowest BCUT2D eigenvalue weighted by molar-refractivity contribution is -0.133. The van der Waals surface area contributed by atoms with Gasteiger partial charge in [-0.3, -0.25) is 4.79 Å². The number of rotatable bonds is 5. The van der Waals surface area contributed by atoms with E-state index in [-0.39, 0.29) is 24.7 Å². The minimum Gasteiger partial charge on any atom is -0.462 e. The van der Waals surface area contributed by atoms with Gasteiger partial charge >= 0.3 is 5.97 Å². The van der Waals surface area contributed by atoms with Crippen molar-refractivity contribution in [2.24, 2.45) is 0 Å². The largest absolute Gasteiger partial charge is 0.462 e. The first kappa shape index (κ1) is 15.2. The van der Waals surface area contributed by atoms with E-state index in [0.29, 0.717) is 25.3 Å². The third-order valence-corrected chi connectivity index (χ3v) is 3.56. The summed E-state index contributed by atoms with van der Waals surface area (Å²) in [6.07, 6.45) is 2.03. The second-order valence-corrected chi connectivity index (χ2v) is 4.97. The Morgan fingerprint density at radius 1 is 1.33 bits per heavy atom. The number of hydrogen-bond donors (Lipinski definition) is 0. The predicted molar refractivity (Wildman–Crippen MR) is 76.8 cm³/mol. The standard InChI is InChI=1S/C16H19NO4/c1-2-21-16(20)13-6-5-12-7-8-17(11-14(12)10-13)15(19)4-3-9-18/h5-6,9-10H,2-4,7-8,11H2,1H3. The van der Waals surface area contributed by atoms with Crippen molar-refractivity contribution in [3.63, 3.8) is 0 Å². The molecule has 1 aromatic rings. The highest BCUT2D eigenvalue weighted by molar-refractivity contribution is 5.89. The van der Waals surface area contributed by atoms with Gasteiger partial charge in [-0.05, 0) is 36.6 Å². The molecule has 1 aliphatic rings. The van der Waals surface area contributed by atoms with Crippen LogP contribution in [0.15, 0.2) is 18.2 Å². The monoisotopic (exact) mass is 289 g/mol. The van der Waals surface area contributed by atoms with Crippen molar-refractivity contribution < 1.29 is 19.1 Å². The molecule has 0 aromatic heterocycles. The molecule has 2 rings (SSSR count). The van der Waals surface area contributed by atoms with Crippen LogP contribution in [-0.2, 0) is 27.3 Å². The average molecular weight is 289 g/mol. The average Bonchev–Trinajstić information content (AvgIpc) is 2.51. The summed E-state index contributed by atoms with van der Waals surface area (Å²) in [4.78, 5) is 35.8. The Bertz CT molecular complexity index is 553. The van der Waals surface area contributed by atoms with Crippen molar-refractivity contribution in [1.29, 1.82) is 0 Å². The Hall–Kier alpha value is -2.17.